The lowest BCUT2D eigenvalue weighted by Gasteiger charge is -2.21. The Morgan fingerprint density at radius 3 is 2.61 bits per heavy atom. The van der Waals surface area contributed by atoms with Crippen LogP contribution in [0, 0.1) is 0 Å². The highest BCUT2D eigenvalue weighted by Gasteiger charge is 2.28. The molecule has 118 valence electrons. The van der Waals surface area contributed by atoms with E-state index in [4.69, 9.17) is 0 Å². The Bertz CT molecular complexity index is 759. The smallest absolute Gasteiger partial charge is 0.336 e. The van der Waals surface area contributed by atoms with Crippen molar-refractivity contribution in [1.29, 1.82) is 0 Å². The minimum Gasteiger partial charge on any atom is -0.478 e. The molecule has 0 saturated heterocycles. The first-order chi connectivity index (χ1) is 11.1. The molecular weight excluding hydrogens is 310 g/mol. The van der Waals surface area contributed by atoms with Gasteiger partial charge in [-0.3, -0.25) is 4.79 Å². The number of hydrogen-bond acceptors (Lipinski definition) is 3. The number of thioether (sulfide) groups is 1. The van der Waals surface area contributed by atoms with Crippen LogP contribution in [0.2, 0.25) is 0 Å². The van der Waals surface area contributed by atoms with E-state index >= 15 is 0 Å². The first kappa shape index (κ1) is 15.6. The standard InChI is InChI=1S/C18H17NO3S/c1-12(23-16-9-5-3-7-14(16)18(21)22)17(20)19-11-10-13-6-2-4-8-15(13)19/h2-9,12H,10-11H2,1H3,(H,21,22)/t12-/m0/s1. The van der Waals surface area contributed by atoms with Crippen molar-refractivity contribution in [3.8, 4) is 0 Å². The van der Waals surface area contributed by atoms with Crippen LogP contribution in [0.5, 0.6) is 0 Å². The number of carbonyl (C=O) groups excluding carboxylic acids is 1. The predicted octanol–water partition coefficient (Wildman–Crippen LogP) is 3.45. The van der Waals surface area contributed by atoms with Crippen LogP contribution in [-0.2, 0) is 11.2 Å². The molecule has 0 radical (unpaired) electrons. The van der Waals surface area contributed by atoms with E-state index in [-0.39, 0.29) is 16.7 Å². The summed E-state index contributed by atoms with van der Waals surface area (Å²) in [7, 11) is 0. The average molecular weight is 327 g/mol. The quantitative estimate of drug-likeness (QED) is 0.874. The van der Waals surface area contributed by atoms with Crippen molar-refractivity contribution in [2.24, 2.45) is 0 Å². The summed E-state index contributed by atoms with van der Waals surface area (Å²) in [5.41, 5.74) is 2.39. The third-order valence-corrected chi connectivity index (χ3v) is 5.09. The van der Waals surface area contributed by atoms with Gasteiger partial charge in [0.15, 0.2) is 0 Å². The van der Waals surface area contributed by atoms with Crippen LogP contribution in [0.15, 0.2) is 53.4 Å². The maximum atomic E-state index is 12.8. The van der Waals surface area contributed by atoms with E-state index in [1.54, 1.807) is 29.2 Å². The number of fused-ring (bicyclic) bond motifs is 1. The molecule has 23 heavy (non-hydrogen) atoms. The molecule has 0 fully saturated rings. The lowest BCUT2D eigenvalue weighted by Crippen LogP contribution is -2.35. The van der Waals surface area contributed by atoms with E-state index in [1.165, 1.54) is 17.3 Å². The summed E-state index contributed by atoms with van der Waals surface area (Å²) in [6, 6.07) is 14.7. The number of carbonyl (C=O) groups is 2. The SMILES string of the molecule is C[C@H](Sc1ccccc1C(=O)O)C(=O)N1CCc2ccccc21. The molecule has 1 N–H and O–H groups in total. The van der Waals surface area contributed by atoms with Gasteiger partial charge in [-0.15, -0.1) is 11.8 Å². The molecule has 1 heterocycles. The summed E-state index contributed by atoms with van der Waals surface area (Å²) in [6.45, 7) is 2.51. The minimum absolute atomic E-state index is 0.0140. The zero-order valence-electron chi connectivity index (χ0n) is 12.7. The van der Waals surface area contributed by atoms with E-state index in [0.717, 1.165) is 12.1 Å². The number of amides is 1. The Kier molecular flexibility index (Phi) is 4.39. The number of aromatic carboxylic acids is 1. The Morgan fingerprint density at radius 1 is 1.13 bits per heavy atom. The Balaban J connectivity index is 1.78. The molecule has 0 bridgehead atoms. The number of carboxylic acids is 1. The molecule has 1 atom stereocenters. The number of hydrogen-bond donors (Lipinski definition) is 1. The van der Waals surface area contributed by atoms with Gasteiger partial charge in [0.2, 0.25) is 5.91 Å². The highest BCUT2D eigenvalue weighted by Crippen LogP contribution is 2.32. The van der Waals surface area contributed by atoms with Gasteiger partial charge >= 0.3 is 5.97 Å². The number of carboxylic acid groups (broad SMARTS) is 1. The molecule has 5 heteroatoms. The molecule has 0 saturated carbocycles. The van der Waals surface area contributed by atoms with Gasteiger partial charge in [0.25, 0.3) is 0 Å². The largest absolute Gasteiger partial charge is 0.478 e. The molecule has 2 aromatic carbocycles. The van der Waals surface area contributed by atoms with E-state index < -0.39 is 5.97 Å². The number of nitrogens with zero attached hydrogens (tertiary/aromatic N) is 1. The van der Waals surface area contributed by atoms with Crippen molar-refractivity contribution >= 4 is 29.3 Å². The minimum atomic E-state index is -0.973. The zero-order chi connectivity index (χ0) is 16.4. The van der Waals surface area contributed by atoms with Gasteiger partial charge < -0.3 is 10.0 Å². The average Bonchev–Trinajstić information content (AvgIpc) is 2.98. The van der Waals surface area contributed by atoms with Crippen molar-refractivity contribution in [2.75, 3.05) is 11.4 Å². The molecular formula is C18H17NO3S. The van der Waals surface area contributed by atoms with Crippen molar-refractivity contribution in [3.05, 3.63) is 59.7 Å². The van der Waals surface area contributed by atoms with Crippen molar-refractivity contribution in [1.82, 2.24) is 0 Å². The third kappa shape index (κ3) is 3.10. The van der Waals surface area contributed by atoms with Gasteiger partial charge in [-0.25, -0.2) is 4.79 Å². The first-order valence-corrected chi connectivity index (χ1v) is 8.34. The monoisotopic (exact) mass is 327 g/mol. The second-order valence-electron chi connectivity index (χ2n) is 5.43. The normalized spacial score (nSPS) is 14.4. The number of anilines is 1. The van der Waals surface area contributed by atoms with Crippen LogP contribution in [0.25, 0.3) is 0 Å². The summed E-state index contributed by atoms with van der Waals surface area (Å²) < 4.78 is 0. The predicted molar refractivity (Wildman–Crippen MR) is 91.2 cm³/mol. The number of benzene rings is 2. The second kappa shape index (κ2) is 6.46. The maximum Gasteiger partial charge on any atom is 0.336 e. The van der Waals surface area contributed by atoms with Crippen LogP contribution >= 0.6 is 11.8 Å². The van der Waals surface area contributed by atoms with E-state index in [0.29, 0.717) is 11.4 Å². The molecule has 0 aromatic heterocycles. The topological polar surface area (TPSA) is 57.6 Å². The number of rotatable bonds is 4. The van der Waals surface area contributed by atoms with Crippen LogP contribution < -0.4 is 4.90 Å². The molecule has 1 aliphatic heterocycles. The molecule has 1 amide bonds. The van der Waals surface area contributed by atoms with E-state index in [2.05, 4.69) is 0 Å². The fourth-order valence-electron chi connectivity index (χ4n) is 2.77. The molecule has 1 aliphatic rings. The summed E-state index contributed by atoms with van der Waals surface area (Å²) >= 11 is 1.30. The van der Waals surface area contributed by atoms with E-state index in [9.17, 15) is 14.7 Å². The van der Waals surface area contributed by atoms with Crippen molar-refractivity contribution < 1.29 is 14.7 Å². The molecule has 4 nitrogen and oxygen atoms in total. The van der Waals surface area contributed by atoms with Gasteiger partial charge in [-0.05, 0) is 37.1 Å². The first-order valence-electron chi connectivity index (χ1n) is 7.46. The lowest BCUT2D eigenvalue weighted by atomic mass is 10.2. The Hall–Kier alpha value is -2.27. The summed E-state index contributed by atoms with van der Waals surface area (Å²) in [6.07, 6.45) is 0.866. The Morgan fingerprint density at radius 2 is 1.83 bits per heavy atom. The highest BCUT2D eigenvalue weighted by atomic mass is 32.2. The number of para-hydroxylation sites is 1. The maximum absolute atomic E-state index is 12.8. The fraction of sp³-hybridized carbons (Fsp3) is 0.222. The molecule has 0 aliphatic carbocycles. The van der Waals surface area contributed by atoms with Crippen molar-refractivity contribution in [3.63, 3.8) is 0 Å². The van der Waals surface area contributed by atoms with Gasteiger partial charge in [-0.1, -0.05) is 30.3 Å². The molecule has 0 spiro atoms. The summed E-state index contributed by atoms with van der Waals surface area (Å²) in [5.74, 6) is -0.959. The zero-order valence-corrected chi connectivity index (χ0v) is 13.5. The second-order valence-corrected chi connectivity index (χ2v) is 6.81. The lowest BCUT2D eigenvalue weighted by molar-refractivity contribution is -0.117. The van der Waals surface area contributed by atoms with Gasteiger partial charge in [0.05, 0.1) is 10.8 Å². The van der Waals surface area contributed by atoms with Gasteiger partial charge in [0, 0.05) is 17.1 Å². The summed E-state index contributed by atoms with van der Waals surface area (Å²) in [5, 5.41) is 8.90. The molecule has 2 aromatic rings. The fourth-order valence-corrected chi connectivity index (χ4v) is 3.82. The van der Waals surface area contributed by atoms with Gasteiger partial charge in [-0.2, -0.15) is 0 Å². The molecule has 0 unspecified atom stereocenters. The molecule has 3 rings (SSSR count). The van der Waals surface area contributed by atoms with Crippen LogP contribution in [0.1, 0.15) is 22.8 Å². The van der Waals surface area contributed by atoms with Gasteiger partial charge in [0.1, 0.15) is 0 Å². The Labute approximate surface area is 139 Å². The highest BCUT2D eigenvalue weighted by molar-refractivity contribution is 8.00. The van der Waals surface area contributed by atoms with E-state index in [1.807, 2.05) is 31.2 Å². The van der Waals surface area contributed by atoms with Crippen LogP contribution in [0.4, 0.5) is 5.69 Å². The third-order valence-electron chi connectivity index (χ3n) is 3.92. The summed E-state index contributed by atoms with van der Waals surface area (Å²) in [4.78, 5) is 26.5. The van der Waals surface area contributed by atoms with Crippen LogP contribution in [-0.4, -0.2) is 28.8 Å². The van der Waals surface area contributed by atoms with Crippen LogP contribution in [0.3, 0.4) is 0 Å². The van der Waals surface area contributed by atoms with Crippen molar-refractivity contribution in [2.45, 2.75) is 23.5 Å².